The summed E-state index contributed by atoms with van der Waals surface area (Å²) in [4.78, 5) is 15.5. The zero-order valence-corrected chi connectivity index (χ0v) is 18.1. The molecule has 1 saturated heterocycles. The van der Waals surface area contributed by atoms with Crippen molar-refractivity contribution in [1.29, 1.82) is 0 Å². The zero-order valence-electron chi connectivity index (χ0n) is 18.1. The number of rotatable bonds is 4. The van der Waals surface area contributed by atoms with Crippen LogP contribution in [0.3, 0.4) is 0 Å². The van der Waals surface area contributed by atoms with E-state index < -0.39 is 0 Å². The highest BCUT2D eigenvalue weighted by Gasteiger charge is 2.62. The van der Waals surface area contributed by atoms with Crippen molar-refractivity contribution in [3.8, 4) is 5.75 Å². The fraction of sp³-hybridized carbons (Fsp3) is 0.583. The van der Waals surface area contributed by atoms with Crippen LogP contribution < -0.4 is 4.74 Å². The highest BCUT2D eigenvalue weighted by atomic mass is 16.5. The van der Waals surface area contributed by atoms with Gasteiger partial charge in [0.05, 0.1) is 26.0 Å². The van der Waals surface area contributed by atoms with Crippen LogP contribution in [0.4, 0.5) is 0 Å². The van der Waals surface area contributed by atoms with Gasteiger partial charge in [0, 0.05) is 41.7 Å². The van der Waals surface area contributed by atoms with Gasteiger partial charge in [-0.1, -0.05) is 26.0 Å². The summed E-state index contributed by atoms with van der Waals surface area (Å²) >= 11 is 0. The van der Waals surface area contributed by atoms with E-state index in [9.17, 15) is 4.79 Å². The van der Waals surface area contributed by atoms with Gasteiger partial charge in [-0.25, -0.2) is 0 Å². The Morgan fingerprint density at radius 2 is 2.20 bits per heavy atom. The molecule has 3 aliphatic rings. The Balaban J connectivity index is 1.34. The predicted octanol–water partition coefficient (Wildman–Crippen LogP) is 3.67. The van der Waals surface area contributed by atoms with E-state index in [1.165, 1.54) is 11.1 Å². The highest BCUT2D eigenvalue weighted by molar-refractivity contribution is 5.85. The van der Waals surface area contributed by atoms with Gasteiger partial charge in [-0.3, -0.25) is 9.48 Å². The standard InChI is InChI=1S/C24H31N3O3/c1-4-27-14-18(13-25-27)22-15-26(8-10-30-22)23(28)20-12-24(20)7-9-29-21-6-5-17(16(2)3)11-19(21)24/h5-6,11,13-14,16,20,22H,4,7-10,12,15H2,1-3H3/t20-,22?,24-/m0/s1. The van der Waals surface area contributed by atoms with Crippen molar-refractivity contribution in [2.24, 2.45) is 5.92 Å². The van der Waals surface area contributed by atoms with Crippen molar-refractivity contribution in [3.63, 3.8) is 0 Å². The Kier molecular flexibility index (Phi) is 4.85. The first-order valence-corrected chi connectivity index (χ1v) is 11.2. The Morgan fingerprint density at radius 1 is 1.33 bits per heavy atom. The maximum absolute atomic E-state index is 13.5. The molecule has 6 heteroatoms. The molecular weight excluding hydrogens is 378 g/mol. The summed E-state index contributed by atoms with van der Waals surface area (Å²) in [5.74, 6) is 1.76. The van der Waals surface area contributed by atoms with Gasteiger partial charge in [0.25, 0.3) is 0 Å². The van der Waals surface area contributed by atoms with Crippen LogP contribution in [0.25, 0.3) is 0 Å². The van der Waals surface area contributed by atoms with E-state index in [-0.39, 0.29) is 23.3 Å². The molecule has 5 rings (SSSR count). The molecule has 1 saturated carbocycles. The largest absolute Gasteiger partial charge is 0.493 e. The molecule has 0 bridgehead atoms. The first kappa shape index (κ1) is 19.6. The summed E-state index contributed by atoms with van der Waals surface area (Å²) in [6.45, 7) is 9.86. The average molecular weight is 410 g/mol. The molecule has 1 aromatic carbocycles. The maximum atomic E-state index is 13.5. The van der Waals surface area contributed by atoms with E-state index >= 15 is 0 Å². The number of carbonyl (C=O) groups is 1. The van der Waals surface area contributed by atoms with Crippen LogP contribution in [0.2, 0.25) is 0 Å². The number of fused-ring (bicyclic) bond motifs is 2. The summed E-state index contributed by atoms with van der Waals surface area (Å²) in [5.41, 5.74) is 3.57. The fourth-order valence-electron chi connectivity index (χ4n) is 5.09. The molecule has 1 aromatic heterocycles. The third kappa shape index (κ3) is 3.22. The van der Waals surface area contributed by atoms with Crippen molar-refractivity contribution in [1.82, 2.24) is 14.7 Å². The summed E-state index contributed by atoms with van der Waals surface area (Å²) in [7, 11) is 0. The van der Waals surface area contributed by atoms with Gasteiger partial charge in [-0.2, -0.15) is 5.10 Å². The zero-order chi connectivity index (χ0) is 20.9. The lowest BCUT2D eigenvalue weighted by Gasteiger charge is -2.34. The van der Waals surface area contributed by atoms with Gasteiger partial charge in [0.2, 0.25) is 5.91 Å². The predicted molar refractivity (Wildman–Crippen MR) is 114 cm³/mol. The monoisotopic (exact) mass is 409 g/mol. The van der Waals surface area contributed by atoms with Crippen molar-refractivity contribution in [2.75, 3.05) is 26.3 Å². The average Bonchev–Trinajstić information content (AvgIpc) is 3.27. The summed E-state index contributed by atoms with van der Waals surface area (Å²) in [6, 6.07) is 6.54. The molecule has 2 fully saturated rings. The number of carbonyl (C=O) groups excluding carboxylic acids is 1. The Hall–Kier alpha value is -2.34. The fourth-order valence-corrected chi connectivity index (χ4v) is 5.09. The van der Waals surface area contributed by atoms with Gasteiger partial charge < -0.3 is 14.4 Å². The quantitative estimate of drug-likeness (QED) is 0.773. The third-order valence-corrected chi connectivity index (χ3v) is 7.11. The van der Waals surface area contributed by atoms with Crippen LogP contribution in [0.15, 0.2) is 30.6 Å². The third-order valence-electron chi connectivity index (χ3n) is 7.11. The van der Waals surface area contributed by atoms with E-state index in [2.05, 4.69) is 44.1 Å². The minimum absolute atomic E-state index is 0.0452. The van der Waals surface area contributed by atoms with E-state index in [0.29, 0.717) is 32.2 Å². The van der Waals surface area contributed by atoms with Crippen LogP contribution in [0, 0.1) is 5.92 Å². The van der Waals surface area contributed by atoms with Crippen LogP contribution in [0.1, 0.15) is 62.3 Å². The summed E-state index contributed by atoms with van der Waals surface area (Å²) in [5, 5.41) is 4.36. The molecule has 1 unspecified atom stereocenters. The summed E-state index contributed by atoms with van der Waals surface area (Å²) in [6.07, 6.45) is 5.66. The van der Waals surface area contributed by atoms with E-state index in [4.69, 9.17) is 9.47 Å². The normalized spacial score (nSPS) is 27.8. The maximum Gasteiger partial charge on any atom is 0.226 e. The topological polar surface area (TPSA) is 56.6 Å². The van der Waals surface area contributed by atoms with Crippen molar-refractivity contribution in [3.05, 3.63) is 47.3 Å². The highest BCUT2D eigenvalue weighted by Crippen LogP contribution is 2.61. The van der Waals surface area contributed by atoms with Gasteiger partial charge in [-0.15, -0.1) is 0 Å². The second-order valence-electron chi connectivity index (χ2n) is 9.19. The smallest absolute Gasteiger partial charge is 0.226 e. The lowest BCUT2D eigenvalue weighted by atomic mass is 9.85. The van der Waals surface area contributed by atoms with Crippen LogP contribution in [0.5, 0.6) is 5.75 Å². The van der Waals surface area contributed by atoms with Gasteiger partial charge in [0.1, 0.15) is 11.9 Å². The molecule has 160 valence electrons. The van der Waals surface area contributed by atoms with E-state index in [0.717, 1.165) is 30.7 Å². The number of hydrogen-bond acceptors (Lipinski definition) is 4. The molecule has 30 heavy (non-hydrogen) atoms. The molecule has 6 nitrogen and oxygen atoms in total. The summed E-state index contributed by atoms with van der Waals surface area (Å²) < 4.78 is 13.8. The van der Waals surface area contributed by atoms with Gasteiger partial charge in [-0.05, 0) is 37.3 Å². The SMILES string of the molecule is CCn1cc(C2CN(C(=O)[C@@H]3C[C@]34CCOc3ccc(C(C)C)cc34)CCO2)cn1. The molecule has 0 N–H and O–H groups in total. The van der Waals surface area contributed by atoms with Crippen molar-refractivity contribution < 1.29 is 14.3 Å². The molecule has 3 heterocycles. The first-order valence-electron chi connectivity index (χ1n) is 11.2. The number of amides is 1. The second-order valence-corrected chi connectivity index (χ2v) is 9.19. The van der Waals surface area contributed by atoms with Gasteiger partial charge in [0.15, 0.2) is 0 Å². The number of morpholine rings is 1. The second kappa shape index (κ2) is 7.41. The van der Waals surface area contributed by atoms with Crippen molar-refractivity contribution >= 4 is 5.91 Å². The minimum atomic E-state index is -0.0905. The van der Waals surface area contributed by atoms with Crippen molar-refractivity contribution in [2.45, 2.75) is 57.6 Å². The van der Waals surface area contributed by atoms with Crippen LogP contribution in [-0.4, -0.2) is 46.9 Å². The first-order chi connectivity index (χ1) is 14.5. The number of ether oxygens (including phenoxy) is 2. The number of benzene rings is 1. The lowest BCUT2D eigenvalue weighted by molar-refractivity contribution is -0.141. The Bertz CT molecular complexity index is 953. The molecule has 1 amide bonds. The number of nitrogens with zero attached hydrogens (tertiary/aromatic N) is 3. The molecule has 1 aliphatic carbocycles. The Labute approximate surface area is 178 Å². The Morgan fingerprint density at radius 3 is 2.97 bits per heavy atom. The molecule has 0 radical (unpaired) electrons. The number of hydrogen-bond donors (Lipinski definition) is 0. The molecule has 1 spiro atoms. The molecule has 2 aliphatic heterocycles. The number of aryl methyl sites for hydroxylation is 1. The van der Waals surface area contributed by atoms with E-state index in [1.807, 2.05) is 22.0 Å². The van der Waals surface area contributed by atoms with E-state index in [1.54, 1.807) is 0 Å². The molecule has 3 atom stereocenters. The lowest BCUT2D eigenvalue weighted by Crippen LogP contribution is -2.44. The molecular formula is C24H31N3O3. The number of aromatic nitrogens is 2. The molecule has 2 aromatic rings. The van der Waals surface area contributed by atoms with Gasteiger partial charge >= 0.3 is 0 Å². The van der Waals surface area contributed by atoms with Crippen LogP contribution >= 0.6 is 0 Å². The minimum Gasteiger partial charge on any atom is -0.493 e. The van der Waals surface area contributed by atoms with Crippen LogP contribution in [-0.2, 0) is 21.5 Å².